The van der Waals surface area contributed by atoms with E-state index in [0.29, 0.717) is 6.54 Å². The van der Waals surface area contributed by atoms with Gasteiger partial charge in [-0.1, -0.05) is 13.8 Å². The summed E-state index contributed by atoms with van der Waals surface area (Å²) in [6, 6.07) is 0. The molecule has 16 heavy (non-hydrogen) atoms. The highest BCUT2D eigenvalue weighted by Gasteiger charge is 2.45. The number of carbonyl (C=O) groups excluding carboxylic acids is 1. The zero-order valence-corrected chi connectivity index (χ0v) is 11.0. The van der Waals surface area contributed by atoms with Gasteiger partial charge in [0.25, 0.3) is 0 Å². The fourth-order valence-corrected chi connectivity index (χ4v) is 1.88. The third-order valence-electron chi connectivity index (χ3n) is 2.89. The number of nitrogens with one attached hydrogen (secondary N) is 2. The number of hydrogen-bond donors (Lipinski definition) is 2. The van der Waals surface area contributed by atoms with E-state index in [9.17, 15) is 4.79 Å². The van der Waals surface area contributed by atoms with Crippen molar-refractivity contribution in [1.82, 2.24) is 10.6 Å². The quantitative estimate of drug-likeness (QED) is 0.690. The van der Waals surface area contributed by atoms with Crippen molar-refractivity contribution < 1.29 is 9.53 Å². The molecule has 1 heterocycles. The predicted molar refractivity (Wildman–Crippen MR) is 64.3 cm³/mol. The largest absolute Gasteiger partial charge is 0.459 e. The van der Waals surface area contributed by atoms with Crippen molar-refractivity contribution in [2.24, 2.45) is 5.92 Å². The minimum atomic E-state index is -0.578. The summed E-state index contributed by atoms with van der Waals surface area (Å²) in [6.07, 6.45) is 0. The number of ether oxygens (including phenoxy) is 1. The van der Waals surface area contributed by atoms with Crippen molar-refractivity contribution in [3.8, 4) is 0 Å². The van der Waals surface area contributed by atoms with E-state index >= 15 is 0 Å². The van der Waals surface area contributed by atoms with Crippen LogP contribution in [0, 0.1) is 5.92 Å². The molecule has 0 radical (unpaired) electrons. The van der Waals surface area contributed by atoms with Crippen LogP contribution in [0.25, 0.3) is 0 Å². The van der Waals surface area contributed by atoms with Gasteiger partial charge in [0.05, 0.1) is 0 Å². The first-order valence-electron chi connectivity index (χ1n) is 5.97. The Balaban J connectivity index is 2.81. The van der Waals surface area contributed by atoms with Crippen LogP contribution < -0.4 is 10.6 Å². The van der Waals surface area contributed by atoms with Gasteiger partial charge in [0.15, 0.2) is 0 Å². The summed E-state index contributed by atoms with van der Waals surface area (Å²) >= 11 is 0. The van der Waals surface area contributed by atoms with Crippen LogP contribution in [-0.4, -0.2) is 36.7 Å². The highest BCUT2D eigenvalue weighted by atomic mass is 16.6. The number of carbonyl (C=O) groups is 1. The van der Waals surface area contributed by atoms with E-state index in [1.165, 1.54) is 0 Å². The van der Waals surface area contributed by atoms with E-state index in [1.807, 2.05) is 34.6 Å². The molecule has 2 N–H and O–H groups in total. The highest BCUT2D eigenvalue weighted by molar-refractivity contribution is 5.82. The van der Waals surface area contributed by atoms with E-state index in [1.54, 1.807) is 0 Å². The zero-order chi connectivity index (χ0) is 12.4. The molecule has 1 unspecified atom stereocenters. The summed E-state index contributed by atoms with van der Waals surface area (Å²) in [6.45, 7) is 12.1. The summed E-state index contributed by atoms with van der Waals surface area (Å²) in [5.74, 6) is 0.0531. The van der Waals surface area contributed by atoms with E-state index in [4.69, 9.17) is 4.74 Å². The van der Waals surface area contributed by atoms with Crippen LogP contribution in [-0.2, 0) is 9.53 Å². The summed E-state index contributed by atoms with van der Waals surface area (Å²) < 4.78 is 5.50. The molecule has 0 aromatic heterocycles. The number of piperazine rings is 1. The van der Waals surface area contributed by atoms with Crippen molar-refractivity contribution in [3.63, 3.8) is 0 Å². The van der Waals surface area contributed by atoms with Crippen molar-refractivity contribution in [3.05, 3.63) is 0 Å². The Bertz CT molecular complexity index is 250. The van der Waals surface area contributed by atoms with Gasteiger partial charge in [-0.3, -0.25) is 5.32 Å². The second-order valence-electron chi connectivity index (χ2n) is 5.73. The maximum atomic E-state index is 12.3. The van der Waals surface area contributed by atoms with Gasteiger partial charge in [0, 0.05) is 19.6 Å². The molecule has 94 valence electrons. The number of rotatable bonds is 2. The molecule has 1 fully saturated rings. The van der Waals surface area contributed by atoms with Crippen LogP contribution >= 0.6 is 0 Å². The maximum absolute atomic E-state index is 12.3. The second-order valence-corrected chi connectivity index (χ2v) is 5.73. The van der Waals surface area contributed by atoms with Crippen molar-refractivity contribution in [1.29, 1.82) is 0 Å². The first-order chi connectivity index (χ1) is 7.28. The average molecular weight is 228 g/mol. The second kappa shape index (κ2) is 4.72. The normalized spacial score (nSPS) is 26.9. The summed E-state index contributed by atoms with van der Waals surface area (Å²) in [4.78, 5) is 12.3. The molecular weight excluding hydrogens is 204 g/mol. The monoisotopic (exact) mass is 228 g/mol. The molecule has 1 aliphatic rings. The molecule has 0 aromatic carbocycles. The van der Waals surface area contributed by atoms with Crippen LogP contribution in [0.15, 0.2) is 0 Å². The fraction of sp³-hybridized carbons (Fsp3) is 0.917. The van der Waals surface area contributed by atoms with Gasteiger partial charge < -0.3 is 10.1 Å². The van der Waals surface area contributed by atoms with Gasteiger partial charge in [0.2, 0.25) is 0 Å². The molecule has 0 spiro atoms. The lowest BCUT2D eigenvalue weighted by atomic mass is 9.84. The molecule has 4 heteroatoms. The van der Waals surface area contributed by atoms with Gasteiger partial charge in [-0.2, -0.15) is 0 Å². The molecule has 0 aromatic rings. The Labute approximate surface area is 98.1 Å². The smallest absolute Gasteiger partial charge is 0.328 e. The standard InChI is InChI=1S/C12H24N2O2/c1-9(2)12(8-13-6-7-14-12)10(15)16-11(3,4)5/h9,13-14H,6-8H2,1-5H3. The van der Waals surface area contributed by atoms with Crippen molar-refractivity contribution >= 4 is 5.97 Å². The molecule has 1 saturated heterocycles. The third kappa shape index (κ3) is 2.95. The minimum absolute atomic E-state index is 0.151. The van der Waals surface area contributed by atoms with Gasteiger partial charge in [-0.25, -0.2) is 4.79 Å². The van der Waals surface area contributed by atoms with E-state index in [0.717, 1.165) is 13.1 Å². The molecule has 0 bridgehead atoms. The summed E-state index contributed by atoms with van der Waals surface area (Å²) in [5.41, 5.74) is -1.01. The summed E-state index contributed by atoms with van der Waals surface area (Å²) in [5, 5.41) is 6.58. The Morgan fingerprint density at radius 3 is 2.31 bits per heavy atom. The van der Waals surface area contributed by atoms with Crippen LogP contribution in [0.4, 0.5) is 0 Å². The molecule has 0 aliphatic carbocycles. The molecule has 0 saturated carbocycles. The number of hydrogen-bond acceptors (Lipinski definition) is 4. The molecular formula is C12H24N2O2. The minimum Gasteiger partial charge on any atom is -0.459 e. The average Bonchev–Trinajstić information content (AvgIpc) is 2.16. The van der Waals surface area contributed by atoms with Gasteiger partial charge in [-0.15, -0.1) is 0 Å². The Morgan fingerprint density at radius 1 is 1.31 bits per heavy atom. The van der Waals surface area contributed by atoms with Gasteiger partial charge in [0.1, 0.15) is 11.1 Å². The molecule has 1 rings (SSSR count). The summed E-state index contributed by atoms with van der Waals surface area (Å²) in [7, 11) is 0. The third-order valence-corrected chi connectivity index (χ3v) is 2.89. The van der Waals surface area contributed by atoms with Gasteiger partial charge in [-0.05, 0) is 26.7 Å². The van der Waals surface area contributed by atoms with Gasteiger partial charge >= 0.3 is 5.97 Å². The Kier molecular flexibility index (Phi) is 3.97. The fourth-order valence-electron chi connectivity index (χ4n) is 1.88. The zero-order valence-electron chi connectivity index (χ0n) is 11.0. The van der Waals surface area contributed by atoms with Crippen LogP contribution in [0.2, 0.25) is 0 Å². The van der Waals surface area contributed by atoms with E-state index in [2.05, 4.69) is 10.6 Å². The predicted octanol–water partition coefficient (Wildman–Crippen LogP) is 0.916. The van der Waals surface area contributed by atoms with E-state index in [-0.39, 0.29) is 11.9 Å². The lowest BCUT2D eigenvalue weighted by Crippen LogP contribution is -2.67. The Morgan fingerprint density at radius 2 is 1.94 bits per heavy atom. The lowest BCUT2D eigenvalue weighted by molar-refractivity contribution is -0.166. The first kappa shape index (κ1) is 13.5. The SMILES string of the molecule is CC(C)C1(C(=O)OC(C)(C)C)CNCCN1. The van der Waals surface area contributed by atoms with Crippen molar-refractivity contribution in [2.75, 3.05) is 19.6 Å². The maximum Gasteiger partial charge on any atom is 0.328 e. The number of esters is 1. The molecule has 1 aliphatic heterocycles. The first-order valence-corrected chi connectivity index (χ1v) is 5.97. The van der Waals surface area contributed by atoms with Crippen molar-refractivity contribution in [2.45, 2.75) is 45.8 Å². The topological polar surface area (TPSA) is 50.4 Å². The van der Waals surface area contributed by atoms with E-state index < -0.39 is 11.1 Å². The Hall–Kier alpha value is -0.610. The highest BCUT2D eigenvalue weighted by Crippen LogP contribution is 2.23. The molecule has 4 nitrogen and oxygen atoms in total. The molecule has 0 amide bonds. The van der Waals surface area contributed by atoms with Crippen LogP contribution in [0.1, 0.15) is 34.6 Å². The van der Waals surface area contributed by atoms with Crippen LogP contribution in [0.5, 0.6) is 0 Å². The lowest BCUT2D eigenvalue weighted by Gasteiger charge is -2.41. The molecule has 1 atom stereocenters. The van der Waals surface area contributed by atoms with Crippen LogP contribution in [0.3, 0.4) is 0 Å².